The SMILES string of the molecule is O=C(CCc1ccc(F)c(F)c1)N[C@H]1C[C@H]2CO[C@@H](C3CC3)CN2C1. The van der Waals surface area contributed by atoms with Crippen LogP contribution in [0.25, 0.3) is 0 Å². The van der Waals surface area contributed by atoms with Gasteiger partial charge in [0, 0.05) is 31.6 Å². The van der Waals surface area contributed by atoms with Gasteiger partial charge in [-0.15, -0.1) is 0 Å². The molecule has 2 aliphatic heterocycles. The van der Waals surface area contributed by atoms with Gasteiger partial charge in [-0.3, -0.25) is 9.69 Å². The number of hydrogen-bond donors (Lipinski definition) is 1. The summed E-state index contributed by atoms with van der Waals surface area (Å²) in [6, 6.07) is 4.36. The second kappa shape index (κ2) is 7.00. The minimum absolute atomic E-state index is 0.0331. The Balaban J connectivity index is 1.23. The van der Waals surface area contributed by atoms with Crippen LogP contribution in [0.15, 0.2) is 18.2 Å². The Morgan fingerprint density at radius 2 is 2.08 bits per heavy atom. The first-order valence-corrected chi connectivity index (χ1v) is 9.17. The van der Waals surface area contributed by atoms with Crippen molar-refractivity contribution in [1.82, 2.24) is 10.2 Å². The number of amides is 1. The monoisotopic (exact) mass is 350 g/mol. The van der Waals surface area contributed by atoms with Gasteiger partial charge < -0.3 is 10.1 Å². The van der Waals surface area contributed by atoms with Crippen LogP contribution in [0.3, 0.4) is 0 Å². The fourth-order valence-corrected chi connectivity index (χ4v) is 4.01. The van der Waals surface area contributed by atoms with E-state index >= 15 is 0 Å². The summed E-state index contributed by atoms with van der Waals surface area (Å²) < 4.78 is 32.1. The number of nitrogens with one attached hydrogen (secondary N) is 1. The van der Waals surface area contributed by atoms with Crippen molar-refractivity contribution in [2.24, 2.45) is 5.92 Å². The molecule has 0 unspecified atom stereocenters. The van der Waals surface area contributed by atoms with Crippen LogP contribution in [0.5, 0.6) is 0 Å². The number of morpholine rings is 1. The Morgan fingerprint density at radius 1 is 1.24 bits per heavy atom. The van der Waals surface area contributed by atoms with Gasteiger partial charge in [0.2, 0.25) is 5.91 Å². The zero-order chi connectivity index (χ0) is 17.4. The van der Waals surface area contributed by atoms with Crippen LogP contribution < -0.4 is 5.32 Å². The van der Waals surface area contributed by atoms with Crippen LogP contribution in [0.4, 0.5) is 8.78 Å². The minimum Gasteiger partial charge on any atom is -0.375 e. The van der Waals surface area contributed by atoms with Crippen molar-refractivity contribution in [3.05, 3.63) is 35.4 Å². The molecule has 2 heterocycles. The molecule has 0 radical (unpaired) electrons. The number of carbonyl (C=O) groups is 1. The van der Waals surface area contributed by atoms with Crippen LogP contribution in [-0.4, -0.2) is 48.7 Å². The van der Waals surface area contributed by atoms with Gasteiger partial charge in [-0.2, -0.15) is 0 Å². The standard InChI is InChI=1S/C19H24F2N2O2/c20-16-5-1-12(7-17(16)21)2-6-19(24)22-14-8-15-11-25-18(13-3-4-13)10-23(15)9-14/h1,5,7,13-15,18H,2-4,6,8-11H2,(H,22,24)/t14-,15-,18+/m0/s1. The highest BCUT2D eigenvalue weighted by Crippen LogP contribution is 2.37. The van der Waals surface area contributed by atoms with E-state index in [1.807, 2.05) is 0 Å². The van der Waals surface area contributed by atoms with E-state index in [1.54, 1.807) is 0 Å². The highest BCUT2D eigenvalue weighted by Gasteiger charge is 2.42. The molecule has 25 heavy (non-hydrogen) atoms. The Morgan fingerprint density at radius 3 is 2.84 bits per heavy atom. The van der Waals surface area contributed by atoms with Gasteiger partial charge in [-0.25, -0.2) is 8.78 Å². The Bertz CT molecular complexity index is 650. The fraction of sp³-hybridized carbons (Fsp3) is 0.632. The lowest BCUT2D eigenvalue weighted by molar-refractivity contribution is -0.121. The molecule has 1 aromatic carbocycles. The molecule has 1 aliphatic carbocycles. The summed E-state index contributed by atoms with van der Waals surface area (Å²) in [5, 5.41) is 3.09. The average molecular weight is 350 g/mol. The molecular weight excluding hydrogens is 326 g/mol. The van der Waals surface area contributed by atoms with Crippen LogP contribution in [-0.2, 0) is 16.0 Å². The smallest absolute Gasteiger partial charge is 0.220 e. The first kappa shape index (κ1) is 16.9. The maximum atomic E-state index is 13.2. The van der Waals surface area contributed by atoms with Gasteiger partial charge in [0.15, 0.2) is 11.6 Å². The second-order valence-electron chi connectivity index (χ2n) is 7.57. The van der Waals surface area contributed by atoms with E-state index in [0.29, 0.717) is 24.1 Å². The van der Waals surface area contributed by atoms with Gasteiger partial charge in [-0.05, 0) is 49.3 Å². The summed E-state index contributed by atoms with van der Waals surface area (Å²) >= 11 is 0. The van der Waals surface area contributed by atoms with E-state index < -0.39 is 11.6 Å². The maximum Gasteiger partial charge on any atom is 0.220 e. The number of benzene rings is 1. The third-order valence-corrected chi connectivity index (χ3v) is 5.58. The molecule has 136 valence electrons. The highest BCUT2D eigenvalue weighted by molar-refractivity contribution is 5.76. The lowest BCUT2D eigenvalue weighted by Crippen LogP contribution is -2.47. The van der Waals surface area contributed by atoms with Crippen LogP contribution >= 0.6 is 0 Å². The van der Waals surface area contributed by atoms with E-state index in [-0.39, 0.29) is 18.4 Å². The molecule has 1 saturated carbocycles. The molecule has 2 saturated heterocycles. The van der Waals surface area contributed by atoms with Crippen molar-refractivity contribution in [2.45, 2.75) is 50.3 Å². The Hall–Kier alpha value is -1.53. The number of rotatable bonds is 5. The molecule has 6 heteroatoms. The average Bonchev–Trinajstić information content (AvgIpc) is 3.36. The van der Waals surface area contributed by atoms with Crippen LogP contribution in [0.2, 0.25) is 0 Å². The fourth-order valence-electron chi connectivity index (χ4n) is 4.01. The highest BCUT2D eigenvalue weighted by atomic mass is 19.2. The lowest BCUT2D eigenvalue weighted by atomic mass is 10.1. The van der Waals surface area contributed by atoms with E-state index in [9.17, 15) is 13.6 Å². The van der Waals surface area contributed by atoms with Gasteiger partial charge >= 0.3 is 0 Å². The predicted molar refractivity (Wildman–Crippen MR) is 89.1 cm³/mol. The molecule has 3 aliphatic rings. The number of hydrogen-bond acceptors (Lipinski definition) is 3. The van der Waals surface area contributed by atoms with E-state index in [0.717, 1.165) is 44.2 Å². The van der Waals surface area contributed by atoms with Crippen molar-refractivity contribution in [3.63, 3.8) is 0 Å². The van der Waals surface area contributed by atoms with Crippen molar-refractivity contribution >= 4 is 5.91 Å². The van der Waals surface area contributed by atoms with Crippen molar-refractivity contribution in [2.75, 3.05) is 19.7 Å². The van der Waals surface area contributed by atoms with Crippen molar-refractivity contribution < 1.29 is 18.3 Å². The zero-order valence-electron chi connectivity index (χ0n) is 14.2. The second-order valence-corrected chi connectivity index (χ2v) is 7.57. The van der Waals surface area contributed by atoms with E-state index in [1.165, 1.54) is 18.9 Å². The third-order valence-electron chi connectivity index (χ3n) is 5.58. The van der Waals surface area contributed by atoms with Gasteiger partial charge in [0.1, 0.15) is 0 Å². The number of nitrogens with zero attached hydrogens (tertiary/aromatic N) is 1. The molecule has 3 atom stereocenters. The molecule has 4 rings (SSSR count). The predicted octanol–water partition coefficient (Wildman–Crippen LogP) is 2.27. The largest absolute Gasteiger partial charge is 0.375 e. The molecule has 1 aromatic rings. The summed E-state index contributed by atoms with van der Waals surface area (Å²) in [7, 11) is 0. The summed E-state index contributed by atoms with van der Waals surface area (Å²) in [4.78, 5) is 14.6. The van der Waals surface area contributed by atoms with Crippen molar-refractivity contribution in [3.8, 4) is 0 Å². The zero-order valence-corrected chi connectivity index (χ0v) is 14.2. The minimum atomic E-state index is -0.865. The number of halogens is 2. The summed E-state index contributed by atoms with van der Waals surface area (Å²) in [6.45, 7) is 2.63. The molecule has 4 nitrogen and oxygen atoms in total. The first-order valence-electron chi connectivity index (χ1n) is 9.17. The summed E-state index contributed by atoms with van der Waals surface area (Å²) in [5.74, 6) is -1.02. The molecule has 1 amide bonds. The molecular formula is C19H24F2N2O2. The number of carbonyl (C=O) groups excluding carboxylic acids is 1. The van der Waals surface area contributed by atoms with Crippen molar-refractivity contribution in [1.29, 1.82) is 0 Å². The topological polar surface area (TPSA) is 41.6 Å². The quantitative estimate of drug-likeness (QED) is 0.886. The Kier molecular flexibility index (Phi) is 4.73. The first-order chi connectivity index (χ1) is 12.1. The molecule has 0 aromatic heterocycles. The summed E-state index contributed by atoms with van der Waals surface area (Å²) in [5.41, 5.74) is 0.638. The number of ether oxygens (including phenoxy) is 1. The normalized spacial score (nSPS) is 29.4. The molecule has 0 spiro atoms. The third kappa shape index (κ3) is 4.01. The molecule has 3 fully saturated rings. The maximum absolute atomic E-state index is 13.2. The van der Waals surface area contributed by atoms with Gasteiger partial charge in [0.25, 0.3) is 0 Å². The van der Waals surface area contributed by atoms with Gasteiger partial charge in [-0.1, -0.05) is 6.07 Å². The number of aryl methyl sites for hydroxylation is 1. The van der Waals surface area contributed by atoms with Gasteiger partial charge in [0.05, 0.1) is 12.7 Å². The van der Waals surface area contributed by atoms with Crippen LogP contribution in [0, 0.1) is 17.6 Å². The molecule has 1 N–H and O–H groups in total. The van der Waals surface area contributed by atoms with E-state index in [4.69, 9.17) is 4.74 Å². The number of fused-ring (bicyclic) bond motifs is 1. The van der Waals surface area contributed by atoms with Crippen LogP contribution in [0.1, 0.15) is 31.2 Å². The summed E-state index contributed by atoms with van der Waals surface area (Å²) in [6.07, 6.45) is 4.57. The molecule has 0 bridgehead atoms. The lowest BCUT2D eigenvalue weighted by Gasteiger charge is -2.35. The Labute approximate surface area is 146 Å². The van der Waals surface area contributed by atoms with E-state index in [2.05, 4.69) is 10.2 Å².